The summed E-state index contributed by atoms with van der Waals surface area (Å²) >= 11 is 4.76. The van der Waals surface area contributed by atoms with E-state index in [9.17, 15) is 9.90 Å². The van der Waals surface area contributed by atoms with Gasteiger partial charge >= 0.3 is 0 Å². The van der Waals surface area contributed by atoms with Crippen LogP contribution >= 0.6 is 12.6 Å². The highest BCUT2D eigenvalue weighted by atomic mass is 32.1. The largest absolute Gasteiger partial charge is 0.385 e. The maximum Gasteiger partial charge on any atom is 0.171 e. The van der Waals surface area contributed by atoms with Gasteiger partial charge in [0.2, 0.25) is 0 Å². The fraction of sp³-hybridized carbons (Fsp3) is 0.676. The topological polar surface area (TPSA) is 55.8 Å². The van der Waals surface area contributed by atoms with Crippen molar-refractivity contribution in [3.63, 3.8) is 0 Å². The number of aliphatic hydroxyl groups is 1. The number of carbonyl (C=O) groups excluding carboxylic acids is 1. The van der Waals surface area contributed by atoms with Crippen LogP contribution in [0.1, 0.15) is 96.1 Å². The van der Waals surface area contributed by atoms with Gasteiger partial charge in [-0.25, -0.2) is 0 Å². The molecule has 1 aliphatic heterocycles. The predicted octanol–water partition coefficient (Wildman–Crippen LogP) is 7.13. The van der Waals surface area contributed by atoms with Crippen LogP contribution < -0.4 is 0 Å². The number of ether oxygens (including phenoxy) is 2. The number of thiol groups is 1. The molecule has 5 aliphatic rings. The first-order chi connectivity index (χ1) is 18.4. The fourth-order valence-electron chi connectivity index (χ4n) is 9.19. The minimum atomic E-state index is -0.904. The SMILES string of the molecule is C=C(C)c1ccc(C2CC3(C)C(CCC3(C=O)CS)C3CCC4(O)CC5(CCC4=C23)OCC(C)(C)CO5)cc1. The third kappa shape index (κ3) is 4.16. The highest BCUT2D eigenvalue weighted by Crippen LogP contribution is 2.70. The van der Waals surface area contributed by atoms with E-state index in [1.54, 1.807) is 0 Å². The predicted molar refractivity (Wildman–Crippen MR) is 159 cm³/mol. The lowest BCUT2D eigenvalue weighted by Gasteiger charge is -2.58. The van der Waals surface area contributed by atoms with Crippen molar-refractivity contribution in [3.8, 4) is 0 Å². The van der Waals surface area contributed by atoms with Crippen LogP contribution in [0, 0.1) is 28.1 Å². The van der Waals surface area contributed by atoms with Crippen LogP contribution in [0.4, 0.5) is 0 Å². The van der Waals surface area contributed by atoms with E-state index in [1.807, 2.05) is 6.92 Å². The van der Waals surface area contributed by atoms with Crippen molar-refractivity contribution in [1.82, 2.24) is 0 Å². The zero-order valence-corrected chi connectivity index (χ0v) is 25.1. The number of hydrogen-bond acceptors (Lipinski definition) is 5. The highest BCUT2D eigenvalue weighted by molar-refractivity contribution is 7.80. The number of carbonyl (C=O) groups is 1. The number of allylic oxidation sites excluding steroid dienone is 2. The van der Waals surface area contributed by atoms with Gasteiger partial charge < -0.3 is 19.4 Å². The van der Waals surface area contributed by atoms with Gasteiger partial charge in [-0.05, 0) is 79.4 Å². The monoisotopic (exact) mass is 550 g/mol. The average Bonchev–Trinajstić information content (AvgIpc) is 3.21. The summed E-state index contributed by atoms with van der Waals surface area (Å²) in [5.74, 6) is 0.908. The van der Waals surface area contributed by atoms with Gasteiger partial charge in [-0.15, -0.1) is 0 Å². The Hall–Kier alpha value is -1.40. The molecule has 1 heterocycles. The van der Waals surface area contributed by atoms with Gasteiger partial charge in [0, 0.05) is 35.3 Å². The first kappa shape index (κ1) is 27.8. The minimum Gasteiger partial charge on any atom is -0.385 e. The third-order valence-electron chi connectivity index (χ3n) is 11.6. The Morgan fingerprint density at radius 3 is 2.41 bits per heavy atom. The van der Waals surface area contributed by atoms with E-state index in [4.69, 9.17) is 22.1 Å². The highest BCUT2D eigenvalue weighted by Gasteiger charge is 2.64. The van der Waals surface area contributed by atoms with E-state index in [2.05, 4.69) is 51.6 Å². The van der Waals surface area contributed by atoms with Gasteiger partial charge in [0.25, 0.3) is 0 Å². The lowest BCUT2D eigenvalue weighted by molar-refractivity contribution is -0.322. The Morgan fingerprint density at radius 1 is 1.10 bits per heavy atom. The number of hydrogen-bond donors (Lipinski definition) is 2. The average molecular weight is 551 g/mol. The Balaban J connectivity index is 1.44. The fourth-order valence-corrected chi connectivity index (χ4v) is 9.79. The van der Waals surface area contributed by atoms with Gasteiger partial charge in [0.1, 0.15) is 6.29 Å². The van der Waals surface area contributed by atoms with E-state index in [-0.39, 0.29) is 16.7 Å². The molecule has 212 valence electrons. The maximum absolute atomic E-state index is 12.7. The quantitative estimate of drug-likeness (QED) is 0.238. The molecule has 5 heteroatoms. The first-order valence-electron chi connectivity index (χ1n) is 15.0. The molecule has 3 saturated carbocycles. The number of benzene rings is 1. The Morgan fingerprint density at radius 2 is 1.79 bits per heavy atom. The molecule has 1 aromatic rings. The molecule has 4 nitrogen and oxygen atoms in total. The molecule has 0 amide bonds. The van der Waals surface area contributed by atoms with Gasteiger partial charge in [0.15, 0.2) is 5.79 Å². The van der Waals surface area contributed by atoms with E-state index in [1.165, 1.54) is 23.0 Å². The van der Waals surface area contributed by atoms with E-state index >= 15 is 0 Å². The molecule has 1 saturated heterocycles. The van der Waals surface area contributed by atoms with Crippen LogP contribution in [0.3, 0.4) is 0 Å². The Bertz CT molecular complexity index is 1190. The van der Waals surface area contributed by atoms with E-state index in [0.717, 1.165) is 56.1 Å². The summed E-state index contributed by atoms with van der Waals surface area (Å²) in [4.78, 5) is 12.7. The molecule has 6 unspecified atom stereocenters. The van der Waals surface area contributed by atoms with Gasteiger partial charge in [-0.3, -0.25) is 0 Å². The van der Waals surface area contributed by atoms with Gasteiger partial charge in [-0.2, -0.15) is 12.6 Å². The Labute approximate surface area is 240 Å². The van der Waals surface area contributed by atoms with Crippen LogP contribution in [-0.4, -0.2) is 41.7 Å². The Kier molecular flexibility index (Phi) is 6.62. The van der Waals surface area contributed by atoms with Crippen LogP contribution in [0.5, 0.6) is 0 Å². The van der Waals surface area contributed by atoms with Crippen LogP contribution in [-0.2, 0) is 14.3 Å². The first-order valence-corrected chi connectivity index (χ1v) is 15.6. The van der Waals surface area contributed by atoms with Crippen LogP contribution in [0.2, 0.25) is 0 Å². The smallest absolute Gasteiger partial charge is 0.171 e. The van der Waals surface area contributed by atoms with Crippen molar-refractivity contribution in [2.24, 2.45) is 28.1 Å². The van der Waals surface area contributed by atoms with Crippen LogP contribution in [0.15, 0.2) is 42.0 Å². The van der Waals surface area contributed by atoms with Crippen LogP contribution in [0.25, 0.3) is 5.57 Å². The van der Waals surface area contributed by atoms with E-state index in [0.29, 0.717) is 37.2 Å². The number of rotatable bonds is 4. The van der Waals surface area contributed by atoms with Crippen molar-refractivity contribution in [1.29, 1.82) is 0 Å². The lowest BCUT2D eigenvalue weighted by atomic mass is 9.48. The molecule has 0 bridgehead atoms. The minimum absolute atomic E-state index is 0.000306. The zero-order chi connectivity index (χ0) is 27.8. The summed E-state index contributed by atoms with van der Waals surface area (Å²) in [7, 11) is 0. The molecule has 39 heavy (non-hydrogen) atoms. The van der Waals surface area contributed by atoms with Crippen molar-refractivity contribution in [2.75, 3.05) is 19.0 Å². The molecule has 6 rings (SSSR count). The summed E-state index contributed by atoms with van der Waals surface area (Å²) in [5, 5.41) is 12.4. The normalized spacial score (nSPS) is 40.5. The molecule has 0 radical (unpaired) electrons. The second-order valence-corrected chi connectivity index (χ2v) is 14.9. The van der Waals surface area contributed by atoms with E-state index < -0.39 is 16.8 Å². The summed E-state index contributed by atoms with van der Waals surface area (Å²) < 4.78 is 12.8. The van der Waals surface area contributed by atoms with Crippen molar-refractivity contribution in [2.45, 2.75) is 96.4 Å². The molecule has 1 aromatic carbocycles. The van der Waals surface area contributed by atoms with Gasteiger partial charge in [-0.1, -0.05) is 62.8 Å². The maximum atomic E-state index is 12.7. The standard InChI is InChI=1S/C34H46O4S/c1-22(2)23-6-8-24(9-7-23)26-16-31(5)27(11-13-32(31,18-35)21-39)25-10-14-33(36)17-34(15-12-28(33)29(25)26)37-19-30(3,4)20-38-34/h6-9,18,25-27,36,39H,1,10-17,19-21H2,2-5H3. The second kappa shape index (κ2) is 9.31. The molecular formula is C34H46O4S. The van der Waals surface area contributed by atoms with Crippen molar-refractivity contribution in [3.05, 3.63) is 53.1 Å². The van der Waals surface area contributed by atoms with Crippen molar-refractivity contribution >= 4 is 24.5 Å². The summed E-state index contributed by atoms with van der Waals surface area (Å²) in [5.41, 5.74) is 4.79. The molecule has 1 spiro atoms. The van der Waals surface area contributed by atoms with Gasteiger partial charge in [0.05, 0.1) is 18.8 Å². The lowest BCUT2D eigenvalue weighted by Crippen LogP contribution is -2.58. The molecule has 4 fully saturated rings. The molecule has 6 atom stereocenters. The third-order valence-corrected chi connectivity index (χ3v) is 12.2. The summed E-state index contributed by atoms with van der Waals surface area (Å²) in [6.07, 6.45) is 7.90. The zero-order valence-electron chi connectivity index (χ0n) is 24.2. The molecule has 4 aliphatic carbocycles. The molecule has 0 aromatic heterocycles. The molecule has 1 N–H and O–H groups in total. The number of fused-ring (bicyclic) bond motifs is 4. The molecular weight excluding hydrogens is 504 g/mol. The second-order valence-electron chi connectivity index (χ2n) is 14.6. The summed E-state index contributed by atoms with van der Waals surface area (Å²) in [6.45, 7) is 14.2. The van der Waals surface area contributed by atoms with Crippen molar-refractivity contribution < 1.29 is 19.4 Å². The summed E-state index contributed by atoms with van der Waals surface area (Å²) in [6, 6.07) is 8.88. The number of aldehydes is 1.